The summed E-state index contributed by atoms with van der Waals surface area (Å²) in [5.41, 5.74) is 8.46. The fraction of sp³-hybridized carbons (Fsp3) is 0.231. The molecule has 90 valence electrons. The highest BCUT2D eigenvalue weighted by atomic mass is 127. The van der Waals surface area contributed by atoms with Crippen LogP contribution in [0.2, 0.25) is 0 Å². The summed E-state index contributed by atoms with van der Waals surface area (Å²) in [6.45, 7) is 4.14. The van der Waals surface area contributed by atoms with Crippen LogP contribution in [0.4, 0.5) is 4.39 Å². The van der Waals surface area contributed by atoms with Gasteiger partial charge in [0.25, 0.3) is 0 Å². The Balaban J connectivity index is 2.43. The highest BCUT2D eigenvalue weighted by Crippen LogP contribution is 2.32. The summed E-state index contributed by atoms with van der Waals surface area (Å²) in [4.78, 5) is 2.41. The Morgan fingerprint density at radius 1 is 1.29 bits per heavy atom. The number of rotatable bonds is 2. The molecule has 1 aromatic heterocycles. The maximum absolute atomic E-state index is 13.1. The van der Waals surface area contributed by atoms with E-state index in [0.29, 0.717) is 0 Å². The average Bonchev–Trinajstić information content (AvgIpc) is 2.57. The summed E-state index contributed by atoms with van der Waals surface area (Å²) in [5, 5.41) is 0. The van der Waals surface area contributed by atoms with Crippen molar-refractivity contribution in [1.29, 1.82) is 0 Å². The largest absolute Gasteiger partial charge is 0.320 e. The molecule has 1 nitrogen and oxygen atoms in total. The van der Waals surface area contributed by atoms with E-state index in [1.54, 1.807) is 17.4 Å². The van der Waals surface area contributed by atoms with E-state index in [1.807, 2.05) is 0 Å². The summed E-state index contributed by atoms with van der Waals surface area (Å²) in [6.07, 6.45) is 0. The van der Waals surface area contributed by atoms with Crippen LogP contribution in [-0.2, 0) is 0 Å². The lowest BCUT2D eigenvalue weighted by atomic mass is 10.0. The summed E-state index contributed by atoms with van der Waals surface area (Å²) in [6, 6.07) is 6.73. The van der Waals surface area contributed by atoms with Gasteiger partial charge in [-0.15, -0.1) is 11.3 Å². The lowest BCUT2D eigenvalue weighted by Gasteiger charge is -2.13. The number of nitrogens with two attached hydrogens (primary N) is 1. The van der Waals surface area contributed by atoms with Crippen molar-refractivity contribution in [1.82, 2.24) is 0 Å². The molecule has 1 heterocycles. The molecule has 2 aromatic rings. The Labute approximate surface area is 118 Å². The zero-order valence-corrected chi connectivity index (χ0v) is 12.6. The summed E-state index contributed by atoms with van der Waals surface area (Å²) >= 11 is 3.84. The van der Waals surface area contributed by atoms with Crippen LogP contribution in [0.3, 0.4) is 0 Å². The van der Waals surface area contributed by atoms with Gasteiger partial charge in [0, 0.05) is 13.3 Å². The first-order chi connectivity index (χ1) is 7.99. The number of halogens is 2. The van der Waals surface area contributed by atoms with Gasteiger partial charge in [0.1, 0.15) is 5.82 Å². The van der Waals surface area contributed by atoms with E-state index in [-0.39, 0.29) is 11.9 Å². The van der Waals surface area contributed by atoms with Gasteiger partial charge < -0.3 is 5.73 Å². The predicted molar refractivity (Wildman–Crippen MR) is 78.9 cm³/mol. The Hall–Kier alpha value is -0.460. The Bertz CT molecular complexity index is 550. The standard InChI is InChI=1S/C13H13FINS/c1-7-5-8(2)17-13(7)12(16)10-4-3-9(14)6-11(10)15/h3-6,12H,16H2,1-2H3. The molecule has 0 spiro atoms. The van der Waals surface area contributed by atoms with Crippen LogP contribution in [0.5, 0.6) is 0 Å². The van der Waals surface area contributed by atoms with Gasteiger partial charge in [0.2, 0.25) is 0 Å². The number of thiophene rings is 1. The van der Waals surface area contributed by atoms with Crippen LogP contribution in [0.1, 0.15) is 26.9 Å². The highest BCUT2D eigenvalue weighted by Gasteiger charge is 2.16. The van der Waals surface area contributed by atoms with Crippen molar-refractivity contribution in [2.45, 2.75) is 19.9 Å². The molecule has 0 bridgehead atoms. The first kappa shape index (κ1) is 13.0. The van der Waals surface area contributed by atoms with Crippen molar-refractivity contribution < 1.29 is 4.39 Å². The van der Waals surface area contributed by atoms with Crippen LogP contribution >= 0.6 is 33.9 Å². The fourth-order valence-electron chi connectivity index (χ4n) is 1.86. The van der Waals surface area contributed by atoms with Crippen molar-refractivity contribution in [2.24, 2.45) is 5.73 Å². The minimum Gasteiger partial charge on any atom is -0.320 e. The van der Waals surface area contributed by atoms with Gasteiger partial charge in [-0.05, 0) is 65.8 Å². The lowest BCUT2D eigenvalue weighted by molar-refractivity contribution is 0.625. The number of hydrogen-bond donors (Lipinski definition) is 1. The quantitative estimate of drug-likeness (QED) is 0.799. The van der Waals surface area contributed by atoms with Crippen molar-refractivity contribution >= 4 is 33.9 Å². The number of hydrogen-bond acceptors (Lipinski definition) is 2. The van der Waals surface area contributed by atoms with Crippen molar-refractivity contribution in [3.8, 4) is 0 Å². The Morgan fingerprint density at radius 3 is 2.53 bits per heavy atom. The van der Waals surface area contributed by atoms with Gasteiger partial charge >= 0.3 is 0 Å². The van der Waals surface area contributed by atoms with E-state index in [1.165, 1.54) is 22.6 Å². The van der Waals surface area contributed by atoms with Gasteiger partial charge in [0.15, 0.2) is 0 Å². The summed E-state index contributed by atoms with van der Waals surface area (Å²) in [5.74, 6) is -0.218. The molecule has 1 aromatic carbocycles. The molecule has 0 saturated heterocycles. The lowest BCUT2D eigenvalue weighted by Crippen LogP contribution is -2.13. The van der Waals surface area contributed by atoms with Gasteiger partial charge in [-0.3, -0.25) is 0 Å². The topological polar surface area (TPSA) is 26.0 Å². The van der Waals surface area contributed by atoms with E-state index in [4.69, 9.17) is 5.73 Å². The molecular formula is C13H13FINS. The third-order valence-electron chi connectivity index (χ3n) is 2.66. The van der Waals surface area contributed by atoms with E-state index >= 15 is 0 Å². The zero-order valence-electron chi connectivity index (χ0n) is 9.63. The molecule has 4 heteroatoms. The second-order valence-corrected chi connectivity index (χ2v) is 6.50. The zero-order chi connectivity index (χ0) is 12.6. The van der Waals surface area contributed by atoms with Gasteiger partial charge in [0.05, 0.1) is 6.04 Å². The number of aryl methyl sites for hydroxylation is 2. The van der Waals surface area contributed by atoms with Crippen LogP contribution in [0.15, 0.2) is 24.3 Å². The van der Waals surface area contributed by atoms with Gasteiger partial charge in [-0.2, -0.15) is 0 Å². The maximum Gasteiger partial charge on any atom is 0.124 e. The molecular weight excluding hydrogens is 348 g/mol. The molecule has 2 rings (SSSR count). The molecule has 0 saturated carbocycles. The van der Waals surface area contributed by atoms with Crippen LogP contribution in [-0.4, -0.2) is 0 Å². The van der Waals surface area contributed by atoms with Crippen LogP contribution < -0.4 is 5.73 Å². The first-order valence-corrected chi connectivity index (χ1v) is 7.16. The smallest absolute Gasteiger partial charge is 0.124 e. The van der Waals surface area contributed by atoms with Crippen molar-refractivity contribution in [3.63, 3.8) is 0 Å². The molecule has 0 aliphatic carbocycles. The monoisotopic (exact) mass is 361 g/mol. The average molecular weight is 361 g/mol. The normalized spacial score (nSPS) is 12.8. The molecule has 1 atom stereocenters. The first-order valence-electron chi connectivity index (χ1n) is 5.26. The van der Waals surface area contributed by atoms with Gasteiger partial charge in [-0.1, -0.05) is 6.07 Å². The highest BCUT2D eigenvalue weighted by molar-refractivity contribution is 14.1. The minimum absolute atomic E-state index is 0.166. The second kappa shape index (κ2) is 5.04. The van der Waals surface area contributed by atoms with E-state index in [0.717, 1.165) is 14.0 Å². The SMILES string of the molecule is Cc1cc(C)c(C(N)c2ccc(F)cc2I)s1. The molecule has 2 N–H and O–H groups in total. The van der Waals surface area contributed by atoms with E-state index in [9.17, 15) is 4.39 Å². The molecule has 0 radical (unpaired) electrons. The van der Waals surface area contributed by atoms with Crippen molar-refractivity contribution in [3.05, 3.63) is 54.5 Å². The molecule has 17 heavy (non-hydrogen) atoms. The maximum atomic E-state index is 13.1. The van der Waals surface area contributed by atoms with Gasteiger partial charge in [-0.25, -0.2) is 4.39 Å². The molecule has 0 aliphatic heterocycles. The summed E-state index contributed by atoms with van der Waals surface area (Å²) < 4.78 is 13.9. The van der Waals surface area contributed by atoms with Crippen LogP contribution in [0, 0.1) is 23.2 Å². The van der Waals surface area contributed by atoms with Crippen LogP contribution in [0.25, 0.3) is 0 Å². The minimum atomic E-state index is -0.218. The molecule has 1 unspecified atom stereocenters. The summed E-state index contributed by atoms with van der Waals surface area (Å²) in [7, 11) is 0. The predicted octanol–water partition coefficient (Wildman–Crippen LogP) is 4.16. The molecule has 0 amide bonds. The fourth-order valence-corrected chi connectivity index (χ4v) is 3.73. The molecule has 0 fully saturated rings. The Kier molecular flexibility index (Phi) is 3.85. The second-order valence-electron chi connectivity index (χ2n) is 4.05. The Morgan fingerprint density at radius 2 is 2.00 bits per heavy atom. The third kappa shape index (κ3) is 2.69. The number of benzene rings is 1. The van der Waals surface area contributed by atoms with Crippen molar-refractivity contribution in [2.75, 3.05) is 0 Å². The molecule has 0 aliphatic rings. The van der Waals surface area contributed by atoms with E-state index in [2.05, 4.69) is 42.5 Å². The van der Waals surface area contributed by atoms with E-state index < -0.39 is 0 Å². The third-order valence-corrected chi connectivity index (χ3v) is 4.83.